The second kappa shape index (κ2) is 6.67. The van der Waals surface area contributed by atoms with Crippen molar-refractivity contribution in [2.45, 2.75) is 57.0 Å². The summed E-state index contributed by atoms with van der Waals surface area (Å²) in [5.74, 6) is 0.654. The minimum Gasteiger partial charge on any atom is -0.366 e. The summed E-state index contributed by atoms with van der Waals surface area (Å²) >= 11 is 0. The van der Waals surface area contributed by atoms with E-state index in [0.717, 1.165) is 56.2 Å². The first kappa shape index (κ1) is 15.8. The third-order valence-corrected chi connectivity index (χ3v) is 5.29. The summed E-state index contributed by atoms with van der Waals surface area (Å²) in [6.45, 7) is 0. The fourth-order valence-corrected chi connectivity index (χ4v) is 3.95. The molecule has 128 valence electrons. The first-order valence-electron chi connectivity index (χ1n) is 8.98. The average molecular weight is 335 g/mol. The number of nitriles is 1. The molecule has 2 aromatic heterocycles. The molecule has 2 aliphatic rings. The van der Waals surface area contributed by atoms with Gasteiger partial charge in [-0.15, -0.1) is 0 Å². The first-order chi connectivity index (χ1) is 12.2. The molecule has 0 spiro atoms. The number of fused-ring (bicyclic) bond motifs is 1. The smallest absolute Gasteiger partial charge is 0.267 e. The summed E-state index contributed by atoms with van der Waals surface area (Å²) in [6, 6.07) is 7.96. The number of anilines is 1. The zero-order valence-electron chi connectivity index (χ0n) is 14.1. The Balaban J connectivity index is 1.44. The molecule has 1 saturated carbocycles. The summed E-state index contributed by atoms with van der Waals surface area (Å²) in [4.78, 5) is 16.6. The van der Waals surface area contributed by atoms with Crippen LogP contribution in [-0.4, -0.2) is 20.8 Å². The van der Waals surface area contributed by atoms with Crippen molar-refractivity contribution in [1.29, 1.82) is 5.26 Å². The lowest BCUT2D eigenvalue weighted by Crippen LogP contribution is -2.34. The van der Waals surface area contributed by atoms with Crippen molar-refractivity contribution in [3.63, 3.8) is 0 Å². The first-order valence-corrected chi connectivity index (χ1v) is 8.98. The number of hydrogen-bond acceptors (Lipinski definition) is 5. The van der Waals surface area contributed by atoms with E-state index in [1.54, 1.807) is 29.1 Å². The van der Waals surface area contributed by atoms with Crippen LogP contribution >= 0.6 is 0 Å². The van der Waals surface area contributed by atoms with Gasteiger partial charge in [-0.2, -0.15) is 10.4 Å². The molecule has 2 heterocycles. The van der Waals surface area contributed by atoms with E-state index in [0.29, 0.717) is 11.4 Å². The maximum atomic E-state index is 12.4. The Morgan fingerprint density at radius 2 is 2.08 bits per heavy atom. The zero-order valence-corrected chi connectivity index (χ0v) is 14.1. The van der Waals surface area contributed by atoms with E-state index in [-0.39, 0.29) is 17.6 Å². The summed E-state index contributed by atoms with van der Waals surface area (Å²) < 4.78 is 1.71. The minimum absolute atomic E-state index is 0.0357. The molecule has 4 rings (SSSR count). The number of aromatic nitrogens is 3. The summed E-state index contributed by atoms with van der Waals surface area (Å²) in [5, 5.41) is 17.2. The third kappa shape index (κ3) is 3.14. The molecular formula is C19H21N5O. The lowest BCUT2D eigenvalue weighted by molar-refractivity contribution is 0.301. The molecule has 1 fully saturated rings. The second-order valence-corrected chi connectivity index (χ2v) is 6.91. The lowest BCUT2D eigenvalue weighted by Gasteiger charge is -2.30. The highest BCUT2D eigenvalue weighted by Crippen LogP contribution is 2.29. The maximum Gasteiger partial charge on any atom is 0.267 e. The normalized spacial score (nSPS) is 22.2. The molecule has 0 unspecified atom stereocenters. The monoisotopic (exact) mass is 335 g/mol. The molecule has 0 amide bonds. The van der Waals surface area contributed by atoms with Crippen LogP contribution < -0.4 is 10.9 Å². The van der Waals surface area contributed by atoms with Gasteiger partial charge in [0.15, 0.2) is 0 Å². The van der Waals surface area contributed by atoms with Gasteiger partial charge in [-0.1, -0.05) is 0 Å². The maximum absolute atomic E-state index is 12.4. The number of hydrogen-bond donors (Lipinski definition) is 1. The van der Waals surface area contributed by atoms with Gasteiger partial charge in [0.25, 0.3) is 5.56 Å². The van der Waals surface area contributed by atoms with E-state index in [1.165, 1.54) is 0 Å². The van der Waals surface area contributed by atoms with Crippen molar-refractivity contribution < 1.29 is 0 Å². The van der Waals surface area contributed by atoms with E-state index < -0.39 is 0 Å². The Labute approximate surface area is 146 Å². The van der Waals surface area contributed by atoms with E-state index in [4.69, 9.17) is 5.26 Å². The van der Waals surface area contributed by atoms with Crippen molar-refractivity contribution >= 4 is 5.82 Å². The van der Waals surface area contributed by atoms with Crippen molar-refractivity contribution in [3.8, 4) is 6.07 Å². The largest absolute Gasteiger partial charge is 0.366 e. The number of nitrogens with zero attached hydrogens (tertiary/aromatic N) is 4. The van der Waals surface area contributed by atoms with Crippen molar-refractivity contribution in [1.82, 2.24) is 14.8 Å². The molecular weight excluding hydrogens is 314 g/mol. The number of rotatable bonds is 3. The van der Waals surface area contributed by atoms with Gasteiger partial charge in [-0.3, -0.25) is 4.79 Å². The fourth-order valence-electron chi connectivity index (χ4n) is 3.95. The van der Waals surface area contributed by atoms with Crippen molar-refractivity contribution in [2.75, 3.05) is 5.32 Å². The van der Waals surface area contributed by atoms with Crippen LogP contribution in [0.25, 0.3) is 0 Å². The van der Waals surface area contributed by atoms with Crippen molar-refractivity contribution in [2.24, 2.45) is 0 Å². The van der Waals surface area contributed by atoms with E-state index in [2.05, 4.69) is 21.5 Å². The Bertz CT molecular complexity index is 874. The van der Waals surface area contributed by atoms with Gasteiger partial charge in [-0.05, 0) is 62.6 Å². The minimum atomic E-state index is 0.0357. The molecule has 0 radical (unpaired) electrons. The molecule has 6 nitrogen and oxygen atoms in total. The van der Waals surface area contributed by atoms with Crippen LogP contribution in [0.4, 0.5) is 5.82 Å². The van der Waals surface area contributed by atoms with Crippen LogP contribution in [0.3, 0.4) is 0 Å². The standard InChI is InChI=1S/C19H21N5O/c20-12-14-4-2-10-21-19(14)22-15-6-8-16(9-7-15)24-18(25)11-13-3-1-5-17(13)23-24/h2,4,10-11,15-16H,1,3,5-9H2,(H,21,22). The van der Waals surface area contributed by atoms with Gasteiger partial charge in [-0.25, -0.2) is 9.67 Å². The number of pyridine rings is 1. The molecule has 0 atom stereocenters. The molecule has 0 saturated heterocycles. The van der Waals surface area contributed by atoms with E-state index in [1.807, 2.05) is 0 Å². The third-order valence-electron chi connectivity index (χ3n) is 5.29. The number of aryl methyl sites for hydroxylation is 2. The second-order valence-electron chi connectivity index (χ2n) is 6.91. The quantitative estimate of drug-likeness (QED) is 0.932. The number of nitrogens with one attached hydrogen (secondary N) is 1. The van der Waals surface area contributed by atoms with Crippen molar-refractivity contribution in [3.05, 3.63) is 51.6 Å². The van der Waals surface area contributed by atoms with Gasteiger partial charge in [0.2, 0.25) is 0 Å². The molecule has 2 aromatic rings. The van der Waals surface area contributed by atoms with Crippen LogP contribution in [0.1, 0.15) is 55.0 Å². The summed E-state index contributed by atoms with van der Waals surface area (Å²) in [5.41, 5.74) is 2.84. The van der Waals surface area contributed by atoms with Crippen LogP contribution in [0.2, 0.25) is 0 Å². The molecule has 0 aromatic carbocycles. The van der Waals surface area contributed by atoms with Gasteiger partial charge in [0.05, 0.1) is 17.3 Å². The predicted octanol–water partition coefficient (Wildman–Crippen LogP) is 2.59. The Kier molecular flexibility index (Phi) is 4.22. The Hall–Kier alpha value is -2.68. The van der Waals surface area contributed by atoms with Gasteiger partial charge in [0.1, 0.15) is 11.9 Å². The highest BCUT2D eigenvalue weighted by atomic mass is 16.1. The average Bonchev–Trinajstić information content (AvgIpc) is 3.09. The molecule has 0 aliphatic heterocycles. The van der Waals surface area contributed by atoms with Gasteiger partial charge < -0.3 is 5.32 Å². The molecule has 25 heavy (non-hydrogen) atoms. The summed E-state index contributed by atoms with van der Waals surface area (Å²) in [6.07, 6.45) is 8.49. The summed E-state index contributed by atoms with van der Waals surface area (Å²) in [7, 11) is 0. The highest BCUT2D eigenvalue weighted by Gasteiger charge is 2.26. The SMILES string of the molecule is N#Cc1cccnc1NC1CCC(n2nc3c(cc2=O)CCC3)CC1. The van der Waals surface area contributed by atoms with Crippen LogP contribution in [0.5, 0.6) is 0 Å². The molecule has 6 heteroatoms. The Morgan fingerprint density at radius 1 is 1.24 bits per heavy atom. The molecule has 1 N–H and O–H groups in total. The highest BCUT2D eigenvalue weighted by molar-refractivity contribution is 5.51. The van der Waals surface area contributed by atoms with E-state index >= 15 is 0 Å². The lowest BCUT2D eigenvalue weighted by atomic mass is 9.91. The van der Waals surface area contributed by atoms with Crippen LogP contribution in [0, 0.1) is 11.3 Å². The van der Waals surface area contributed by atoms with Gasteiger partial charge in [0, 0.05) is 18.3 Å². The topological polar surface area (TPSA) is 83.6 Å². The molecule has 2 aliphatic carbocycles. The molecule has 0 bridgehead atoms. The van der Waals surface area contributed by atoms with E-state index in [9.17, 15) is 4.79 Å². The zero-order chi connectivity index (χ0) is 17.2. The fraction of sp³-hybridized carbons (Fsp3) is 0.474. The Morgan fingerprint density at radius 3 is 2.88 bits per heavy atom. The van der Waals surface area contributed by atoms with Crippen LogP contribution in [-0.2, 0) is 12.8 Å². The van der Waals surface area contributed by atoms with Crippen LogP contribution in [0.15, 0.2) is 29.2 Å². The predicted molar refractivity (Wildman–Crippen MR) is 94.4 cm³/mol. The van der Waals surface area contributed by atoms with Gasteiger partial charge >= 0.3 is 0 Å².